The van der Waals surface area contributed by atoms with E-state index in [1.165, 1.54) is 22.4 Å². The van der Waals surface area contributed by atoms with Gasteiger partial charge in [0.1, 0.15) is 0 Å². The second kappa shape index (κ2) is 3.86. The molecule has 0 aliphatic carbocycles. The predicted molar refractivity (Wildman–Crippen MR) is 69.4 cm³/mol. The molecule has 0 amide bonds. The van der Waals surface area contributed by atoms with Crippen molar-refractivity contribution in [2.45, 2.75) is 0 Å². The summed E-state index contributed by atoms with van der Waals surface area (Å²) in [4.78, 5) is 0. The Labute approximate surface area is 95.4 Å². The van der Waals surface area contributed by atoms with Crippen LogP contribution in [0.3, 0.4) is 0 Å². The van der Waals surface area contributed by atoms with Crippen LogP contribution < -0.4 is 5.32 Å². The summed E-state index contributed by atoms with van der Waals surface area (Å²) in [7, 11) is 0. The summed E-state index contributed by atoms with van der Waals surface area (Å²) in [6.07, 6.45) is 4.34. The summed E-state index contributed by atoms with van der Waals surface area (Å²) in [6.45, 7) is 0.880. The Morgan fingerprint density at radius 3 is 2.50 bits per heavy atom. The maximum atomic E-state index is 3.42. The quantitative estimate of drug-likeness (QED) is 0.693. The molecular formula is C15H13N. The minimum Gasteiger partial charge on any atom is -0.381 e. The van der Waals surface area contributed by atoms with E-state index in [-0.39, 0.29) is 0 Å². The fourth-order valence-corrected chi connectivity index (χ4v) is 2.11. The van der Waals surface area contributed by atoms with Crippen LogP contribution in [0.25, 0.3) is 17.2 Å². The number of nitrogens with one attached hydrogen (secondary N) is 1. The molecule has 2 aromatic carbocycles. The van der Waals surface area contributed by atoms with Crippen molar-refractivity contribution in [1.29, 1.82) is 0 Å². The molecule has 0 saturated carbocycles. The van der Waals surface area contributed by atoms with Crippen molar-refractivity contribution in [3.63, 3.8) is 0 Å². The zero-order valence-corrected chi connectivity index (χ0v) is 8.98. The number of anilines is 1. The third-order valence-corrected chi connectivity index (χ3v) is 2.89. The van der Waals surface area contributed by atoms with Crippen LogP contribution in [0.5, 0.6) is 0 Å². The van der Waals surface area contributed by atoms with E-state index in [0.29, 0.717) is 0 Å². The van der Waals surface area contributed by atoms with Gasteiger partial charge >= 0.3 is 0 Å². The molecule has 78 valence electrons. The first kappa shape index (κ1) is 9.22. The monoisotopic (exact) mass is 207 g/mol. The van der Waals surface area contributed by atoms with Gasteiger partial charge in [0.15, 0.2) is 0 Å². The maximum absolute atomic E-state index is 3.42. The lowest BCUT2D eigenvalue weighted by Crippen LogP contribution is -2.02. The van der Waals surface area contributed by atoms with Gasteiger partial charge in [0.05, 0.1) is 0 Å². The molecule has 1 aliphatic rings. The first-order valence-electron chi connectivity index (χ1n) is 5.54. The lowest BCUT2D eigenvalue weighted by molar-refractivity contribution is 1.33. The molecule has 0 bridgehead atoms. The molecule has 0 fully saturated rings. The zero-order valence-electron chi connectivity index (χ0n) is 8.98. The average molecular weight is 207 g/mol. The normalized spacial score (nSPS) is 13.0. The lowest BCUT2D eigenvalue weighted by Gasteiger charge is -2.15. The van der Waals surface area contributed by atoms with E-state index < -0.39 is 0 Å². The van der Waals surface area contributed by atoms with E-state index in [1.54, 1.807) is 0 Å². The van der Waals surface area contributed by atoms with Gasteiger partial charge < -0.3 is 5.32 Å². The van der Waals surface area contributed by atoms with Gasteiger partial charge in [-0.15, -0.1) is 0 Å². The first-order chi connectivity index (χ1) is 7.95. The standard InChI is InChI=1S/C15H13N/c1-2-8-13-12(6-1)7-5-11-16-15-10-4-3-9-14(13)15/h1-10,16H,11H2. The Hall–Kier alpha value is -2.02. The highest BCUT2D eigenvalue weighted by atomic mass is 14.9. The Bertz CT molecular complexity index is 541. The van der Waals surface area contributed by atoms with Gasteiger partial charge in [-0.2, -0.15) is 0 Å². The number of hydrogen-bond donors (Lipinski definition) is 1. The van der Waals surface area contributed by atoms with Gasteiger partial charge in [-0.1, -0.05) is 54.6 Å². The van der Waals surface area contributed by atoms with Gasteiger partial charge in [-0.3, -0.25) is 0 Å². The van der Waals surface area contributed by atoms with Gasteiger partial charge in [0, 0.05) is 17.8 Å². The topological polar surface area (TPSA) is 12.0 Å². The fourth-order valence-electron chi connectivity index (χ4n) is 2.11. The lowest BCUT2D eigenvalue weighted by atomic mass is 9.97. The third kappa shape index (κ3) is 1.50. The highest BCUT2D eigenvalue weighted by molar-refractivity contribution is 5.84. The molecule has 1 N–H and O–H groups in total. The zero-order chi connectivity index (χ0) is 10.8. The Morgan fingerprint density at radius 1 is 0.812 bits per heavy atom. The molecule has 0 radical (unpaired) electrons. The van der Waals surface area contributed by atoms with E-state index in [9.17, 15) is 0 Å². The molecule has 2 aromatic rings. The third-order valence-electron chi connectivity index (χ3n) is 2.89. The van der Waals surface area contributed by atoms with E-state index in [4.69, 9.17) is 0 Å². The second-order valence-corrected chi connectivity index (χ2v) is 3.92. The minimum absolute atomic E-state index is 0.880. The van der Waals surface area contributed by atoms with Crippen LogP contribution in [-0.2, 0) is 0 Å². The predicted octanol–water partition coefficient (Wildman–Crippen LogP) is 3.79. The van der Waals surface area contributed by atoms with Gasteiger partial charge in [-0.25, -0.2) is 0 Å². The molecule has 16 heavy (non-hydrogen) atoms. The molecule has 0 unspecified atom stereocenters. The molecule has 1 aliphatic heterocycles. The summed E-state index contributed by atoms with van der Waals surface area (Å²) >= 11 is 0. The van der Waals surface area contributed by atoms with Crippen LogP contribution in [0.4, 0.5) is 5.69 Å². The summed E-state index contributed by atoms with van der Waals surface area (Å²) in [5, 5.41) is 3.42. The largest absolute Gasteiger partial charge is 0.381 e. The summed E-state index contributed by atoms with van der Waals surface area (Å²) < 4.78 is 0. The molecule has 0 spiro atoms. The van der Waals surface area contributed by atoms with Gasteiger partial charge in [-0.05, 0) is 17.2 Å². The number of rotatable bonds is 0. The van der Waals surface area contributed by atoms with Crippen LogP contribution >= 0.6 is 0 Å². The molecule has 1 heteroatoms. The molecule has 1 nitrogen and oxygen atoms in total. The highest BCUT2D eigenvalue weighted by Gasteiger charge is 2.08. The van der Waals surface area contributed by atoms with Crippen LogP contribution in [0.2, 0.25) is 0 Å². The molecule has 3 rings (SSSR count). The highest BCUT2D eigenvalue weighted by Crippen LogP contribution is 2.32. The number of fused-ring (bicyclic) bond motifs is 3. The van der Waals surface area contributed by atoms with Crippen molar-refractivity contribution >= 4 is 11.8 Å². The number of para-hydroxylation sites is 1. The van der Waals surface area contributed by atoms with Crippen molar-refractivity contribution in [1.82, 2.24) is 0 Å². The van der Waals surface area contributed by atoms with Gasteiger partial charge in [0.2, 0.25) is 0 Å². The number of hydrogen-bond acceptors (Lipinski definition) is 1. The maximum Gasteiger partial charge on any atom is 0.0422 e. The smallest absolute Gasteiger partial charge is 0.0422 e. The molecule has 0 atom stereocenters. The van der Waals surface area contributed by atoms with Crippen molar-refractivity contribution in [3.8, 4) is 11.1 Å². The first-order valence-corrected chi connectivity index (χ1v) is 5.54. The summed E-state index contributed by atoms with van der Waals surface area (Å²) in [5.41, 5.74) is 5.07. The Kier molecular flexibility index (Phi) is 2.22. The van der Waals surface area contributed by atoms with Crippen LogP contribution in [0.1, 0.15) is 5.56 Å². The van der Waals surface area contributed by atoms with Gasteiger partial charge in [0.25, 0.3) is 0 Å². The van der Waals surface area contributed by atoms with E-state index in [1.807, 2.05) is 0 Å². The van der Waals surface area contributed by atoms with E-state index >= 15 is 0 Å². The average Bonchev–Trinajstić information content (AvgIpc) is 2.33. The second-order valence-electron chi connectivity index (χ2n) is 3.92. The summed E-state index contributed by atoms with van der Waals surface area (Å²) in [6, 6.07) is 17.0. The fraction of sp³-hybridized carbons (Fsp3) is 0.0667. The van der Waals surface area contributed by atoms with Crippen molar-refractivity contribution < 1.29 is 0 Å². The van der Waals surface area contributed by atoms with Crippen molar-refractivity contribution in [2.75, 3.05) is 11.9 Å². The molecular weight excluding hydrogens is 194 g/mol. The van der Waals surface area contributed by atoms with Crippen LogP contribution in [0.15, 0.2) is 54.6 Å². The van der Waals surface area contributed by atoms with Crippen LogP contribution in [0, 0.1) is 0 Å². The van der Waals surface area contributed by atoms with Crippen molar-refractivity contribution in [2.24, 2.45) is 0 Å². The van der Waals surface area contributed by atoms with Crippen LogP contribution in [-0.4, -0.2) is 6.54 Å². The summed E-state index contributed by atoms with van der Waals surface area (Å²) in [5.74, 6) is 0. The molecule has 0 saturated heterocycles. The van der Waals surface area contributed by atoms with E-state index in [2.05, 4.69) is 66.0 Å². The molecule has 0 aromatic heterocycles. The minimum atomic E-state index is 0.880. The Balaban J connectivity index is 2.28. The molecule has 1 heterocycles. The Morgan fingerprint density at radius 2 is 1.56 bits per heavy atom. The van der Waals surface area contributed by atoms with Crippen molar-refractivity contribution in [3.05, 3.63) is 60.2 Å². The number of benzene rings is 2. The SMILES string of the molecule is C1=Cc2ccccc2-c2ccccc2NC1. The van der Waals surface area contributed by atoms with E-state index in [0.717, 1.165) is 6.54 Å².